The van der Waals surface area contributed by atoms with Crippen molar-refractivity contribution in [3.63, 3.8) is 0 Å². The van der Waals surface area contributed by atoms with Crippen LogP contribution >= 0.6 is 11.6 Å². The van der Waals surface area contributed by atoms with Crippen molar-refractivity contribution in [2.75, 3.05) is 26.2 Å². The second-order valence-electron chi connectivity index (χ2n) is 6.73. The van der Waals surface area contributed by atoms with Crippen LogP contribution in [0.4, 0.5) is 4.39 Å². The van der Waals surface area contributed by atoms with Gasteiger partial charge in [0.1, 0.15) is 6.61 Å². The zero-order valence-electron chi connectivity index (χ0n) is 15.7. The van der Waals surface area contributed by atoms with Crippen LogP contribution in [0.1, 0.15) is 12.8 Å². The molecule has 2 aromatic carbocycles. The Kier molecular flexibility index (Phi) is 7.10. The number of carbonyl (C=O) groups is 1. The van der Waals surface area contributed by atoms with Gasteiger partial charge in [-0.25, -0.2) is 12.8 Å². The highest BCUT2D eigenvalue weighted by Gasteiger charge is 2.33. The van der Waals surface area contributed by atoms with E-state index < -0.39 is 21.8 Å². The van der Waals surface area contributed by atoms with E-state index in [4.69, 9.17) is 16.3 Å². The van der Waals surface area contributed by atoms with E-state index in [9.17, 15) is 17.6 Å². The smallest absolute Gasteiger partial charge is 0.243 e. The fourth-order valence-corrected chi connectivity index (χ4v) is 4.82. The molecule has 29 heavy (non-hydrogen) atoms. The number of nitrogens with one attached hydrogen (secondary N) is 1. The molecule has 9 heteroatoms. The number of halogens is 2. The number of hydrogen-bond donors (Lipinski definition) is 1. The van der Waals surface area contributed by atoms with E-state index in [0.717, 1.165) is 0 Å². The lowest BCUT2D eigenvalue weighted by molar-refractivity contribution is -0.126. The van der Waals surface area contributed by atoms with Crippen LogP contribution in [0.2, 0.25) is 5.02 Å². The lowest BCUT2D eigenvalue weighted by Gasteiger charge is -2.31. The van der Waals surface area contributed by atoms with Crippen molar-refractivity contribution < 1.29 is 22.3 Å². The Morgan fingerprint density at radius 2 is 1.93 bits per heavy atom. The van der Waals surface area contributed by atoms with Crippen LogP contribution in [0.5, 0.6) is 5.75 Å². The number of carbonyl (C=O) groups excluding carboxylic acids is 1. The van der Waals surface area contributed by atoms with Gasteiger partial charge in [-0.05, 0) is 49.2 Å². The molecule has 2 aromatic rings. The SMILES string of the molecule is O=C(NCCOc1ccccc1F)[C@@H]1CCCN(S(=O)(=O)c2ccc(Cl)cc2)C1. The Bertz CT molecular complexity index is 953. The van der Waals surface area contributed by atoms with Crippen molar-refractivity contribution >= 4 is 27.5 Å². The fraction of sp³-hybridized carbons (Fsp3) is 0.350. The predicted octanol–water partition coefficient (Wildman–Crippen LogP) is 3.08. The second kappa shape index (κ2) is 9.56. The van der Waals surface area contributed by atoms with E-state index in [-0.39, 0.29) is 36.2 Å². The number of nitrogens with zero attached hydrogens (tertiary/aromatic N) is 1. The molecule has 1 saturated heterocycles. The molecule has 1 atom stereocenters. The molecule has 0 spiro atoms. The molecule has 0 unspecified atom stereocenters. The molecular formula is C20H22ClFN2O4S. The minimum Gasteiger partial charge on any atom is -0.489 e. The van der Waals surface area contributed by atoms with Crippen molar-refractivity contribution in [2.24, 2.45) is 5.92 Å². The summed E-state index contributed by atoms with van der Waals surface area (Å²) in [5.41, 5.74) is 0. The van der Waals surface area contributed by atoms with Gasteiger partial charge in [-0.2, -0.15) is 4.31 Å². The monoisotopic (exact) mass is 440 g/mol. The largest absolute Gasteiger partial charge is 0.489 e. The van der Waals surface area contributed by atoms with Crippen molar-refractivity contribution in [1.29, 1.82) is 0 Å². The summed E-state index contributed by atoms with van der Waals surface area (Å²) in [6, 6.07) is 12.0. The normalized spacial score (nSPS) is 17.7. The van der Waals surface area contributed by atoms with Gasteiger partial charge in [-0.3, -0.25) is 4.79 Å². The molecule has 1 aliphatic rings. The van der Waals surface area contributed by atoms with Gasteiger partial charge in [-0.15, -0.1) is 0 Å². The molecule has 0 radical (unpaired) electrons. The maximum atomic E-state index is 13.5. The number of ether oxygens (including phenoxy) is 1. The van der Waals surface area contributed by atoms with E-state index in [1.54, 1.807) is 12.1 Å². The van der Waals surface area contributed by atoms with Gasteiger partial charge in [0.15, 0.2) is 11.6 Å². The van der Waals surface area contributed by atoms with E-state index >= 15 is 0 Å². The van der Waals surface area contributed by atoms with E-state index in [1.807, 2.05) is 0 Å². The third-order valence-corrected chi connectivity index (χ3v) is 6.83. The Morgan fingerprint density at radius 3 is 2.66 bits per heavy atom. The average Bonchev–Trinajstić information content (AvgIpc) is 2.72. The molecule has 0 aliphatic carbocycles. The quantitative estimate of drug-likeness (QED) is 0.671. The second-order valence-corrected chi connectivity index (χ2v) is 9.10. The summed E-state index contributed by atoms with van der Waals surface area (Å²) >= 11 is 5.83. The van der Waals surface area contributed by atoms with Crippen LogP contribution in [0.25, 0.3) is 0 Å². The van der Waals surface area contributed by atoms with Gasteiger partial charge in [0, 0.05) is 18.1 Å². The van der Waals surface area contributed by atoms with Crippen molar-refractivity contribution in [2.45, 2.75) is 17.7 Å². The summed E-state index contributed by atoms with van der Waals surface area (Å²) in [4.78, 5) is 12.6. The van der Waals surface area contributed by atoms with Crippen molar-refractivity contribution in [1.82, 2.24) is 9.62 Å². The van der Waals surface area contributed by atoms with E-state index in [1.165, 1.54) is 40.7 Å². The van der Waals surface area contributed by atoms with Gasteiger partial charge in [-0.1, -0.05) is 23.7 Å². The highest BCUT2D eigenvalue weighted by Crippen LogP contribution is 2.25. The molecular weight excluding hydrogens is 419 g/mol. The topological polar surface area (TPSA) is 75.7 Å². The maximum absolute atomic E-state index is 13.5. The molecule has 3 rings (SSSR count). The molecule has 156 valence electrons. The van der Waals surface area contributed by atoms with Crippen molar-refractivity contribution in [3.8, 4) is 5.75 Å². The number of hydrogen-bond acceptors (Lipinski definition) is 4. The zero-order valence-corrected chi connectivity index (χ0v) is 17.3. The summed E-state index contributed by atoms with van der Waals surface area (Å²) in [6.07, 6.45) is 1.20. The molecule has 0 saturated carbocycles. The first kappa shape index (κ1) is 21.5. The minimum absolute atomic E-state index is 0.116. The van der Waals surface area contributed by atoms with Gasteiger partial charge < -0.3 is 10.1 Å². The molecule has 0 bridgehead atoms. The number of sulfonamides is 1. The maximum Gasteiger partial charge on any atom is 0.243 e. The first-order valence-corrected chi connectivity index (χ1v) is 11.1. The Hall–Kier alpha value is -2.16. The van der Waals surface area contributed by atoms with Crippen LogP contribution < -0.4 is 10.1 Å². The molecule has 1 fully saturated rings. The summed E-state index contributed by atoms with van der Waals surface area (Å²) in [5, 5.41) is 3.19. The number of rotatable bonds is 7. The minimum atomic E-state index is -3.68. The third kappa shape index (κ3) is 5.46. The van der Waals surface area contributed by atoms with Crippen LogP contribution in [0, 0.1) is 11.7 Å². The van der Waals surface area contributed by atoms with Crippen LogP contribution in [-0.2, 0) is 14.8 Å². The predicted molar refractivity (Wildman–Crippen MR) is 108 cm³/mol. The van der Waals surface area contributed by atoms with Crippen molar-refractivity contribution in [3.05, 3.63) is 59.4 Å². The summed E-state index contributed by atoms with van der Waals surface area (Å²) in [7, 11) is -3.68. The first-order chi connectivity index (χ1) is 13.9. The summed E-state index contributed by atoms with van der Waals surface area (Å²) in [6.45, 7) is 0.801. The van der Waals surface area contributed by atoms with Crippen LogP contribution in [-0.4, -0.2) is 44.9 Å². The molecule has 0 aromatic heterocycles. The molecule has 1 aliphatic heterocycles. The van der Waals surface area contributed by atoms with Gasteiger partial charge in [0.05, 0.1) is 17.4 Å². The average molecular weight is 441 g/mol. The van der Waals surface area contributed by atoms with E-state index in [0.29, 0.717) is 24.4 Å². The number of piperidine rings is 1. The summed E-state index contributed by atoms with van der Waals surface area (Å²) < 4.78 is 45.8. The lowest BCUT2D eigenvalue weighted by Crippen LogP contribution is -2.45. The number of amides is 1. The molecule has 1 amide bonds. The molecule has 6 nitrogen and oxygen atoms in total. The first-order valence-electron chi connectivity index (χ1n) is 9.28. The van der Waals surface area contributed by atoms with Gasteiger partial charge in [0.25, 0.3) is 0 Å². The number of benzene rings is 2. The highest BCUT2D eigenvalue weighted by molar-refractivity contribution is 7.89. The van der Waals surface area contributed by atoms with Crippen LogP contribution in [0.3, 0.4) is 0 Å². The summed E-state index contributed by atoms with van der Waals surface area (Å²) in [5.74, 6) is -1.02. The zero-order chi connectivity index (χ0) is 20.9. The van der Waals surface area contributed by atoms with Crippen LogP contribution in [0.15, 0.2) is 53.4 Å². The Morgan fingerprint density at radius 1 is 1.21 bits per heavy atom. The fourth-order valence-electron chi connectivity index (χ4n) is 3.17. The lowest BCUT2D eigenvalue weighted by atomic mass is 9.99. The van der Waals surface area contributed by atoms with Gasteiger partial charge >= 0.3 is 0 Å². The molecule has 1 N–H and O–H groups in total. The Balaban J connectivity index is 1.52. The highest BCUT2D eigenvalue weighted by atomic mass is 35.5. The van der Waals surface area contributed by atoms with E-state index in [2.05, 4.69) is 5.32 Å². The third-order valence-electron chi connectivity index (χ3n) is 4.70. The molecule has 1 heterocycles. The number of para-hydroxylation sites is 1. The Labute approximate surface area is 174 Å². The standard InChI is InChI=1S/C20H22ClFN2O4S/c21-16-7-9-17(10-8-16)29(26,27)24-12-3-4-15(14-24)20(25)23-11-13-28-19-6-2-1-5-18(19)22/h1-2,5-10,15H,3-4,11-14H2,(H,23,25)/t15-/m1/s1. The van der Waals surface area contributed by atoms with Gasteiger partial charge in [0.2, 0.25) is 15.9 Å².